The molecular formula is C15H18N2. The molecule has 1 aromatic heterocycles. The summed E-state index contributed by atoms with van der Waals surface area (Å²) in [7, 11) is 1.99. The number of pyridine rings is 1. The molecule has 1 saturated carbocycles. The summed E-state index contributed by atoms with van der Waals surface area (Å²) in [5.41, 5.74) is 3.59. The smallest absolute Gasteiger partial charge is 0.0726 e. The van der Waals surface area contributed by atoms with Crippen molar-refractivity contribution < 1.29 is 0 Å². The molecule has 1 aliphatic rings. The molecule has 0 unspecified atom stereocenters. The molecule has 3 rings (SSSR count). The Bertz CT molecular complexity index is 527. The largest absolute Gasteiger partial charge is 0.388 e. The van der Waals surface area contributed by atoms with Crippen molar-refractivity contribution >= 4 is 16.6 Å². The summed E-state index contributed by atoms with van der Waals surface area (Å²) < 4.78 is 0. The van der Waals surface area contributed by atoms with Gasteiger partial charge in [-0.05, 0) is 25.0 Å². The van der Waals surface area contributed by atoms with Gasteiger partial charge in [0.15, 0.2) is 0 Å². The Morgan fingerprint density at radius 3 is 2.71 bits per heavy atom. The van der Waals surface area contributed by atoms with Crippen molar-refractivity contribution in [1.29, 1.82) is 0 Å². The topological polar surface area (TPSA) is 24.9 Å². The minimum atomic E-state index is 0.673. The van der Waals surface area contributed by atoms with Crippen LogP contribution in [0.25, 0.3) is 10.9 Å². The lowest BCUT2D eigenvalue weighted by atomic mass is 10.0. The summed E-state index contributed by atoms with van der Waals surface area (Å²) in [5.74, 6) is 0.673. The number of nitrogens with one attached hydrogen (secondary N) is 1. The molecule has 2 heteroatoms. The van der Waals surface area contributed by atoms with Crippen LogP contribution < -0.4 is 5.32 Å². The van der Waals surface area contributed by atoms with Gasteiger partial charge in [0.1, 0.15) is 0 Å². The van der Waals surface area contributed by atoms with E-state index in [1.807, 2.05) is 7.05 Å². The first-order valence-corrected chi connectivity index (χ1v) is 6.46. The van der Waals surface area contributed by atoms with E-state index in [1.165, 1.54) is 42.5 Å². The molecular weight excluding hydrogens is 208 g/mol. The minimum absolute atomic E-state index is 0.673. The fourth-order valence-corrected chi connectivity index (χ4v) is 2.83. The molecule has 17 heavy (non-hydrogen) atoms. The Kier molecular flexibility index (Phi) is 2.71. The molecule has 1 heterocycles. The van der Waals surface area contributed by atoms with Crippen LogP contribution in [0.15, 0.2) is 30.3 Å². The maximum absolute atomic E-state index is 4.83. The standard InChI is InChI=1S/C15H18N2/c1-16-15-10-14(11-6-2-3-7-11)17-13-9-5-4-8-12(13)15/h4-5,8-11H,2-3,6-7H2,1H3,(H,16,17). The number of hydrogen-bond donors (Lipinski definition) is 1. The van der Waals surface area contributed by atoms with Crippen molar-refractivity contribution in [3.05, 3.63) is 36.0 Å². The number of fused-ring (bicyclic) bond motifs is 1. The third kappa shape index (κ3) is 1.88. The van der Waals surface area contributed by atoms with Gasteiger partial charge < -0.3 is 5.32 Å². The van der Waals surface area contributed by atoms with E-state index in [0.717, 1.165) is 5.52 Å². The van der Waals surface area contributed by atoms with Gasteiger partial charge in [-0.2, -0.15) is 0 Å². The summed E-state index contributed by atoms with van der Waals surface area (Å²) in [6.45, 7) is 0. The van der Waals surface area contributed by atoms with Gasteiger partial charge in [-0.25, -0.2) is 0 Å². The second-order valence-corrected chi connectivity index (χ2v) is 4.84. The molecule has 0 aliphatic heterocycles. The summed E-state index contributed by atoms with van der Waals surface area (Å²) >= 11 is 0. The zero-order valence-electron chi connectivity index (χ0n) is 10.2. The number of rotatable bonds is 2. The van der Waals surface area contributed by atoms with E-state index < -0.39 is 0 Å². The van der Waals surface area contributed by atoms with Crippen molar-refractivity contribution in [1.82, 2.24) is 4.98 Å². The summed E-state index contributed by atoms with van der Waals surface area (Å²) in [6, 6.07) is 10.6. The third-order valence-electron chi connectivity index (χ3n) is 3.78. The normalized spacial score (nSPS) is 16.5. The molecule has 1 fully saturated rings. The van der Waals surface area contributed by atoms with Gasteiger partial charge in [-0.15, -0.1) is 0 Å². The first-order valence-electron chi connectivity index (χ1n) is 6.46. The van der Waals surface area contributed by atoms with E-state index >= 15 is 0 Å². The van der Waals surface area contributed by atoms with Gasteiger partial charge in [0.05, 0.1) is 5.52 Å². The van der Waals surface area contributed by atoms with E-state index in [0.29, 0.717) is 5.92 Å². The van der Waals surface area contributed by atoms with Crippen LogP contribution in [0.3, 0.4) is 0 Å². The highest BCUT2D eigenvalue weighted by Crippen LogP contribution is 2.35. The SMILES string of the molecule is CNc1cc(C2CCCC2)nc2ccccc12. The molecule has 1 aliphatic carbocycles. The number of hydrogen-bond acceptors (Lipinski definition) is 2. The van der Waals surface area contributed by atoms with Crippen molar-refractivity contribution in [2.75, 3.05) is 12.4 Å². The maximum Gasteiger partial charge on any atom is 0.0726 e. The number of nitrogens with zero attached hydrogens (tertiary/aromatic N) is 1. The quantitative estimate of drug-likeness (QED) is 0.839. The highest BCUT2D eigenvalue weighted by atomic mass is 14.8. The number of para-hydroxylation sites is 1. The van der Waals surface area contributed by atoms with Crippen LogP contribution in [0.4, 0.5) is 5.69 Å². The van der Waals surface area contributed by atoms with Crippen molar-refractivity contribution in [2.24, 2.45) is 0 Å². The van der Waals surface area contributed by atoms with Crippen LogP contribution >= 0.6 is 0 Å². The van der Waals surface area contributed by atoms with Gasteiger partial charge in [0.25, 0.3) is 0 Å². The summed E-state index contributed by atoms with van der Waals surface area (Å²) in [5, 5.41) is 4.51. The fourth-order valence-electron chi connectivity index (χ4n) is 2.83. The second-order valence-electron chi connectivity index (χ2n) is 4.84. The van der Waals surface area contributed by atoms with Gasteiger partial charge in [0, 0.05) is 29.7 Å². The molecule has 0 amide bonds. The lowest BCUT2D eigenvalue weighted by Crippen LogP contribution is -2.00. The predicted octanol–water partition coefficient (Wildman–Crippen LogP) is 3.93. The molecule has 2 aromatic rings. The monoisotopic (exact) mass is 226 g/mol. The third-order valence-corrected chi connectivity index (χ3v) is 3.78. The van der Waals surface area contributed by atoms with Crippen LogP contribution in [-0.2, 0) is 0 Å². The van der Waals surface area contributed by atoms with Crippen molar-refractivity contribution in [3.8, 4) is 0 Å². The van der Waals surface area contributed by atoms with E-state index in [9.17, 15) is 0 Å². The van der Waals surface area contributed by atoms with Crippen LogP contribution in [0.1, 0.15) is 37.3 Å². The second kappa shape index (κ2) is 4.36. The van der Waals surface area contributed by atoms with E-state index in [1.54, 1.807) is 0 Å². The van der Waals surface area contributed by atoms with Crippen LogP contribution in [-0.4, -0.2) is 12.0 Å². The lowest BCUT2D eigenvalue weighted by Gasteiger charge is -2.13. The molecule has 2 nitrogen and oxygen atoms in total. The van der Waals surface area contributed by atoms with E-state index in [-0.39, 0.29) is 0 Å². The van der Waals surface area contributed by atoms with Crippen molar-refractivity contribution in [3.63, 3.8) is 0 Å². The molecule has 0 spiro atoms. The first-order chi connectivity index (χ1) is 8.38. The van der Waals surface area contributed by atoms with E-state index in [4.69, 9.17) is 4.98 Å². The number of aromatic nitrogens is 1. The molecule has 1 N–H and O–H groups in total. The average Bonchev–Trinajstić information content (AvgIpc) is 2.91. The zero-order valence-corrected chi connectivity index (χ0v) is 10.2. The molecule has 0 radical (unpaired) electrons. The average molecular weight is 226 g/mol. The highest BCUT2D eigenvalue weighted by Gasteiger charge is 2.19. The Morgan fingerprint density at radius 2 is 1.94 bits per heavy atom. The maximum atomic E-state index is 4.83. The molecule has 0 saturated heterocycles. The summed E-state index contributed by atoms with van der Waals surface area (Å²) in [4.78, 5) is 4.83. The van der Waals surface area contributed by atoms with Crippen LogP contribution in [0.2, 0.25) is 0 Å². The van der Waals surface area contributed by atoms with E-state index in [2.05, 4.69) is 35.6 Å². The first kappa shape index (κ1) is 10.6. The van der Waals surface area contributed by atoms with Gasteiger partial charge >= 0.3 is 0 Å². The minimum Gasteiger partial charge on any atom is -0.388 e. The van der Waals surface area contributed by atoms with Gasteiger partial charge in [-0.1, -0.05) is 31.0 Å². The van der Waals surface area contributed by atoms with Crippen LogP contribution in [0.5, 0.6) is 0 Å². The molecule has 0 atom stereocenters. The molecule has 0 bridgehead atoms. The molecule has 1 aromatic carbocycles. The predicted molar refractivity (Wildman–Crippen MR) is 72.5 cm³/mol. The Hall–Kier alpha value is -1.57. The number of anilines is 1. The van der Waals surface area contributed by atoms with Gasteiger partial charge in [-0.3, -0.25) is 4.98 Å². The Labute approximate surface area is 102 Å². The number of benzene rings is 1. The fraction of sp³-hybridized carbons (Fsp3) is 0.400. The summed E-state index contributed by atoms with van der Waals surface area (Å²) in [6.07, 6.45) is 5.31. The molecule has 88 valence electrons. The highest BCUT2D eigenvalue weighted by molar-refractivity contribution is 5.91. The van der Waals surface area contributed by atoms with Crippen LogP contribution in [0, 0.1) is 0 Å². The lowest BCUT2D eigenvalue weighted by molar-refractivity contribution is 0.701. The Morgan fingerprint density at radius 1 is 1.18 bits per heavy atom. The van der Waals surface area contributed by atoms with Gasteiger partial charge in [0.2, 0.25) is 0 Å². The zero-order chi connectivity index (χ0) is 11.7. The Balaban J connectivity index is 2.13. The van der Waals surface area contributed by atoms with Crippen molar-refractivity contribution in [2.45, 2.75) is 31.6 Å².